The molecule has 1 saturated heterocycles. The number of amides is 1. The number of benzene rings is 1. The lowest BCUT2D eigenvalue weighted by Gasteiger charge is -2.35. The summed E-state index contributed by atoms with van der Waals surface area (Å²) in [5.41, 5.74) is 3.22. The standard InChI is InChI=1S/C25H19Cl3N6O/c26-17-5-3-16(4-6-17)22-23(18-7-9-29-14-20(18)28)32-21(15-31-22)33-10-12-34(13-11-33)25(35)24-19(27)2-1-8-30-24/h1-9,14-15H,10-13H2. The second kappa shape index (κ2) is 10.2. The number of nitrogens with zero attached hydrogens (tertiary/aromatic N) is 6. The van der Waals surface area contributed by atoms with Gasteiger partial charge in [0.25, 0.3) is 5.91 Å². The summed E-state index contributed by atoms with van der Waals surface area (Å²) in [4.78, 5) is 34.7. The molecule has 7 nitrogen and oxygen atoms in total. The maximum absolute atomic E-state index is 12.9. The quantitative estimate of drug-likeness (QED) is 0.349. The van der Waals surface area contributed by atoms with Crippen LogP contribution in [-0.4, -0.2) is 56.9 Å². The van der Waals surface area contributed by atoms with E-state index in [4.69, 9.17) is 44.8 Å². The molecule has 0 bridgehead atoms. The van der Waals surface area contributed by atoms with E-state index in [0.717, 1.165) is 11.1 Å². The summed E-state index contributed by atoms with van der Waals surface area (Å²) >= 11 is 18.7. The predicted octanol–water partition coefficient (Wildman–Crippen LogP) is 5.52. The predicted molar refractivity (Wildman–Crippen MR) is 138 cm³/mol. The Morgan fingerprint density at radius 3 is 2.29 bits per heavy atom. The van der Waals surface area contributed by atoms with Gasteiger partial charge in [-0.15, -0.1) is 0 Å². The Morgan fingerprint density at radius 1 is 0.800 bits per heavy atom. The summed E-state index contributed by atoms with van der Waals surface area (Å²) in [6.45, 7) is 2.21. The maximum Gasteiger partial charge on any atom is 0.274 e. The Kier molecular flexibility index (Phi) is 6.81. The molecule has 0 unspecified atom stereocenters. The SMILES string of the molecule is O=C(c1ncccc1Cl)N1CCN(c2cnc(-c3ccc(Cl)cc3)c(-c3ccncc3Cl)n2)CC1. The van der Waals surface area contributed by atoms with E-state index in [2.05, 4.69) is 14.9 Å². The van der Waals surface area contributed by atoms with Gasteiger partial charge in [0.05, 0.1) is 21.9 Å². The van der Waals surface area contributed by atoms with Crippen molar-refractivity contribution in [2.24, 2.45) is 0 Å². The Bertz CT molecular complexity index is 1370. The number of hydrogen-bond acceptors (Lipinski definition) is 6. The minimum atomic E-state index is -0.177. The maximum atomic E-state index is 12.9. The van der Waals surface area contributed by atoms with Gasteiger partial charge < -0.3 is 9.80 Å². The number of rotatable bonds is 4. The number of carbonyl (C=O) groups excluding carboxylic acids is 1. The van der Waals surface area contributed by atoms with Crippen molar-refractivity contribution in [1.29, 1.82) is 0 Å². The van der Waals surface area contributed by atoms with Gasteiger partial charge in [0, 0.05) is 60.9 Å². The highest BCUT2D eigenvalue weighted by Crippen LogP contribution is 2.34. The molecular formula is C25H19Cl3N6O. The van der Waals surface area contributed by atoms with Gasteiger partial charge in [0.2, 0.25) is 0 Å². The summed E-state index contributed by atoms with van der Waals surface area (Å²) in [5, 5.41) is 1.47. The largest absolute Gasteiger partial charge is 0.352 e. The van der Waals surface area contributed by atoms with E-state index in [1.54, 1.807) is 41.8 Å². The van der Waals surface area contributed by atoms with Crippen molar-refractivity contribution >= 4 is 46.5 Å². The highest BCUT2D eigenvalue weighted by molar-refractivity contribution is 6.33. The molecule has 1 aromatic carbocycles. The fraction of sp³-hybridized carbons (Fsp3) is 0.160. The van der Waals surface area contributed by atoms with Gasteiger partial charge in [-0.05, 0) is 30.3 Å². The molecule has 0 N–H and O–H groups in total. The van der Waals surface area contributed by atoms with Crippen LogP contribution in [0.1, 0.15) is 10.5 Å². The van der Waals surface area contributed by atoms with Crippen molar-refractivity contribution in [3.8, 4) is 22.5 Å². The van der Waals surface area contributed by atoms with Crippen molar-refractivity contribution in [3.63, 3.8) is 0 Å². The summed E-state index contributed by atoms with van der Waals surface area (Å²) in [7, 11) is 0. The lowest BCUT2D eigenvalue weighted by Crippen LogP contribution is -2.49. The molecule has 1 aliphatic rings. The molecule has 3 aromatic heterocycles. The van der Waals surface area contributed by atoms with Crippen LogP contribution >= 0.6 is 34.8 Å². The van der Waals surface area contributed by atoms with E-state index in [1.807, 2.05) is 30.3 Å². The van der Waals surface area contributed by atoms with Crippen molar-refractivity contribution in [2.75, 3.05) is 31.1 Å². The smallest absolute Gasteiger partial charge is 0.274 e. The first-order valence-corrected chi connectivity index (χ1v) is 12.0. The number of pyridine rings is 2. The molecule has 0 radical (unpaired) electrons. The Labute approximate surface area is 217 Å². The van der Waals surface area contributed by atoms with E-state index >= 15 is 0 Å². The lowest BCUT2D eigenvalue weighted by molar-refractivity contribution is 0.0741. The zero-order valence-corrected chi connectivity index (χ0v) is 20.7. The van der Waals surface area contributed by atoms with E-state index in [-0.39, 0.29) is 11.6 Å². The molecule has 1 amide bonds. The van der Waals surface area contributed by atoms with Gasteiger partial charge >= 0.3 is 0 Å². The zero-order chi connectivity index (χ0) is 24.4. The van der Waals surface area contributed by atoms with E-state index in [9.17, 15) is 4.79 Å². The first-order chi connectivity index (χ1) is 17.0. The van der Waals surface area contributed by atoms with Crippen LogP contribution in [0, 0.1) is 0 Å². The fourth-order valence-corrected chi connectivity index (χ4v) is 4.47. The number of hydrogen-bond donors (Lipinski definition) is 0. The third-order valence-corrected chi connectivity index (χ3v) is 6.62. The normalized spacial score (nSPS) is 13.7. The molecule has 1 fully saturated rings. The van der Waals surface area contributed by atoms with E-state index in [0.29, 0.717) is 58.5 Å². The van der Waals surface area contributed by atoms with Gasteiger partial charge in [0.1, 0.15) is 17.2 Å². The van der Waals surface area contributed by atoms with E-state index in [1.165, 1.54) is 0 Å². The van der Waals surface area contributed by atoms with Gasteiger partial charge in [0.15, 0.2) is 0 Å². The van der Waals surface area contributed by atoms with Gasteiger partial charge in [-0.25, -0.2) is 9.97 Å². The third kappa shape index (κ3) is 4.93. The summed E-state index contributed by atoms with van der Waals surface area (Å²) in [6.07, 6.45) is 6.58. The van der Waals surface area contributed by atoms with Crippen molar-refractivity contribution in [1.82, 2.24) is 24.8 Å². The zero-order valence-electron chi connectivity index (χ0n) is 18.4. The summed E-state index contributed by atoms with van der Waals surface area (Å²) in [6, 6.07) is 12.6. The number of piperazine rings is 1. The van der Waals surface area contributed by atoms with Crippen LogP contribution in [0.4, 0.5) is 5.82 Å². The van der Waals surface area contributed by atoms with Crippen LogP contribution in [-0.2, 0) is 0 Å². The highest BCUT2D eigenvalue weighted by atomic mass is 35.5. The van der Waals surface area contributed by atoms with Crippen molar-refractivity contribution in [2.45, 2.75) is 0 Å². The molecule has 5 rings (SSSR count). The average molecular weight is 526 g/mol. The van der Waals surface area contributed by atoms with Crippen LogP contribution in [0.2, 0.25) is 15.1 Å². The Morgan fingerprint density at radius 2 is 1.57 bits per heavy atom. The lowest BCUT2D eigenvalue weighted by atomic mass is 10.0. The van der Waals surface area contributed by atoms with Crippen LogP contribution in [0.25, 0.3) is 22.5 Å². The number of aromatic nitrogens is 4. The van der Waals surface area contributed by atoms with Crippen LogP contribution in [0.5, 0.6) is 0 Å². The number of anilines is 1. The second-order valence-electron chi connectivity index (χ2n) is 7.90. The molecule has 0 aliphatic carbocycles. The topological polar surface area (TPSA) is 75.1 Å². The van der Waals surface area contributed by atoms with E-state index < -0.39 is 0 Å². The molecule has 0 saturated carbocycles. The fourth-order valence-electron chi connectivity index (χ4n) is 3.94. The van der Waals surface area contributed by atoms with Gasteiger partial charge in [-0.1, -0.05) is 46.9 Å². The molecule has 4 heterocycles. The molecule has 4 aromatic rings. The highest BCUT2D eigenvalue weighted by Gasteiger charge is 2.26. The molecule has 0 atom stereocenters. The summed E-state index contributed by atoms with van der Waals surface area (Å²) < 4.78 is 0. The molecule has 176 valence electrons. The third-order valence-electron chi connectivity index (χ3n) is 5.76. The molecular weight excluding hydrogens is 507 g/mol. The van der Waals surface area contributed by atoms with Gasteiger partial charge in [-0.3, -0.25) is 14.8 Å². The average Bonchev–Trinajstić information content (AvgIpc) is 2.89. The van der Waals surface area contributed by atoms with Crippen LogP contribution < -0.4 is 4.90 Å². The van der Waals surface area contributed by atoms with Crippen molar-refractivity contribution < 1.29 is 4.79 Å². The van der Waals surface area contributed by atoms with Crippen LogP contribution in [0.3, 0.4) is 0 Å². The first kappa shape index (κ1) is 23.5. The minimum Gasteiger partial charge on any atom is -0.352 e. The molecule has 35 heavy (non-hydrogen) atoms. The molecule has 0 spiro atoms. The van der Waals surface area contributed by atoms with Crippen LogP contribution in [0.15, 0.2) is 67.3 Å². The number of halogens is 3. The monoisotopic (exact) mass is 524 g/mol. The summed E-state index contributed by atoms with van der Waals surface area (Å²) in [5.74, 6) is 0.525. The number of carbonyl (C=O) groups is 1. The van der Waals surface area contributed by atoms with Gasteiger partial charge in [-0.2, -0.15) is 0 Å². The van der Waals surface area contributed by atoms with Crippen molar-refractivity contribution in [3.05, 3.63) is 88.0 Å². The Hall–Kier alpha value is -3.26. The molecule has 10 heteroatoms. The second-order valence-corrected chi connectivity index (χ2v) is 9.15. The Balaban J connectivity index is 1.43. The molecule has 1 aliphatic heterocycles. The minimum absolute atomic E-state index is 0.177. The first-order valence-electron chi connectivity index (χ1n) is 10.9.